The Morgan fingerprint density at radius 2 is 1.87 bits per heavy atom. The minimum Gasteiger partial charge on any atom is -0.475 e. The monoisotopic (exact) mass is 645 g/mol. The predicted octanol–water partition coefficient (Wildman–Crippen LogP) is 4.83. The summed E-state index contributed by atoms with van der Waals surface area (Å²) in [5.41, 5.74) is 5.12. The number of thiocarbonyl (C=S) groups is 1. The summed E-state index contributed by atoms with van der Waals surface area (Å²) in [5.74, 6) is -1.97. The van der Waals surface area contributed by atoms with Gasteiger partial charge in [0.05, 0.1) is 30.2 Å². The molecular weight excluding hydrogens is 611 g/mol. The first kappa shape index (κ1) is 33.2. The van der Waals surface area contributed by atoms with Crippen molar-refractivity contribution in [2.75, 3.05) is 30.9 Å². The van der Waals surface area contributed by atoms with Gasteiger partial charge in [0.25, 0.3) is 5.91 Å². The maximum atomic E-state index is 13.8. The molecule has 3 amide bonds. The highest BCUT2D eigenvalue weighted by molar-refractivity contribution is 7.80. The Hall–Kier alpha value is -4.66. The number of carbonyl (C=O) groups is 3. The number of hydrogen-bond acceptors (Lipinski definition) is 6. The van der Waals surface area contributed by atoms with Crippen molar-refractivity contribution in [3.05, 3.63) is 70.9 Å². The highest BCUT2D eigenvalue weighted by atomic mass is 32.1. The summed E-state index contributed by atoms with van der Waals surface area (Å²) in [5, 5.41) is 18.0. The van der Waals surface area contributed by atoms with E-state index in [1.165, 1.54) is 0 Å². The molecule has 240 valence electrons. The molecule has 1 fully saturated rings. The molecule has 1 atom stereocenters. The van der Waals surface area contributed by atoms with Gasteiger partial charge >= 0.3 is 18.2 Å². The van der Waals surface area contributed by atoms with Crippen LogP contribution in [0.5, 0.6) is 0 Å². The molecule has 2 aliphatic rings. The van der Waals surface area contributed by atoms with Crippen molar-refractivity contribution in [3.63, 3.8) is 0 Å². The Kier molecular flexibility index (Phi) is 10.0. The number of aliphatic carboxylic acids is 1. The van der Waals surface area contributed by atoms with Crippen molar-refractivity contribution in [2.45, 2.75) is 45.1 Å². The van der Waals surface area contributed by atoms with Crippen LogP contribution in [0.25, 0.3) is 0 Å². The number of aromatic nitrogens is 2. The summed E-state index contributed by atoms with van der Waals surface area (Å²) < 4.78 is 33.5. The number of amides is 3. The Labute approximate surface area is 263 Å². The molecular formula is C30H34F3N7O4S. The Morgan fingerprint density at radius 1 is 1.18 bits per heavy atom. The fourth-order valence-electron chi connectivity index (χ4n) is 5.16. The standard InChI is InChI=1S/C28H33N7O2S.C2HF3O2/c1-18-14-19(11-12-20(18)15-29-28(37)34-13-7-10-24(34)27(38)32(2)3)26(36)35-17-21-16-30-33(4)25(21)31-22-8-5-6-9-23(22)35;3-2(4,5)1(6)7/h5-6,8-9,11-12,14,16,24,31H,7,10,13,15,17H2,1-4H3,(H,29,37);(H,6,7). The topological polar surface area (TPSA) is 123 Å². The minimum absolute atomic E-state index is 0.0487. The first-order valence-corrected chi connectivity index (χ1v) is 14.4. The Bertz CT molecular complexity index is 1610. The molecule has 5 rings (SSSR count). The first-order chi connectivity index (χ1) is 21.2. The number of carboxylic acids is 1. The summed E-state index contributed by atoms with van der Waals surface area (Å²) in [7, 11) is 5.71. The van der Waals surface area contributed by atoms with Crippen molar-refractivity contribution in [2.24, 2.45) is 7.05 Å². The summed E-state index contributed by atoms with van der Waals surface area (Å²) in [6.07, 6.45) is -1.46. The highest BCUT2D eigenvalue weighted by Crippen LogP contribution is 2.36. The van der Waals surface area contributed by atoms with Crippen molar-refractivity contribution in [1.82, 2.24) is 24.9 Å². The van der Waals surface area contributed by atoms with E-state index in [0.717, 1.165) is 51.7 Å². The van der Waals surface area contributed by atoms with E-state index < -0.39 is 12.1 Å². The van der Waals surface area contributed by atoms with Crippen LogP contribution < -0.4 is 15.5 Å². The maximum absolute atomic E-state index is 13.8. The normalized spacial score (nSPS) is 15.5. The van der Waals surface area contributed by atoms with Gasteiger partial charge < -0.3 is 30.4 Å². The fraction of sp³-hybridized carbons (Fsp3) is 0.367. The lowest BCUT2D eigenvalue weighted by Crippen LogP contribution is -2.48. The smallest absolute Gasteiger partial charge is 0.475 e. The van der Waals surface area contributed by atoms with Crippen LogP contribution in [0.15, 0.2) is 48.7 Å². The highest BCUT2D eigenvalue weighted by Gasteiger charge is 2.38. The number of urea groups is 1. The second-order valence-corrected chi connectivity index (χ2v) is 11.3. The van der Waals surface area contributed by atoms with Gasteiger partial charge in [-0.15, -0.1) is 0 Å². The van der Waals surface area contributed by atoms with E-state index in [4.69, 9.17) is 22.1 Å². The number of alkyl halides is 3. The molecule has 2 aromatic carbocycles. The summed E-state index contributed by atoms with van der Waals surface area (Å²) in [6, 6.07) is 13.3. The van der Waals surface area contributed by atoms with Crippen molar-refractivity contribution in [3.8, 4) is 0 Å². The summed E-state index contributed by atoms with van der Waals surface area (Å²) in [4.78, 5) is 41.9. The third-order valence-electron chi connectivity index (χ3n) is 7.54. The van der Waals surface area contributed by atoms with Crippen molar-refractivity contribution >= 4 is 52.3 Å². The number of fused-ring (bicyclic) bond motifs is 2. The minimum atomic E-state index is -5.08. The van der Waals surface area contributed by atoms with E-state index >= 15 is 0 Å². The molecule has 0 aliphatic carbocycles. The van der Waals surface area contributed by atoms with E-state index in [2.05, 4.69) is 15.7 Å². The van der Waals surface area contributed by atoms with Gasteiger partial charge in [-0.3, -0.25) is 9.48 Å². The number of nitrogens with zero attached hydrogens (tertiary/aromatic N) is 5. The lowest BCUT2D eigenvalue weighted by Gasteiger charge is -2.28. The molecule has 0 spiro atoms. The number of aryl methyl sites for hydroxylation is 2. The largest absolute Gasteiger partial charge is 0.490 e. The van der Waals surface area contributed by atoms with Crippen LogP contribution in [-0.4, -0.2) is 80.4 Å². The number of likely N-dealkylation sites (tertiary alicyclic amines) is 1. The molecule has 1 aromatic heterocycles. The van der Waals surface area contributed by atoms with Crippen LogP contribution >= 0.6 is 12.2 Å². The lowest BCUT2D eigenvalue weighted by atomic mass is 10.0. The number of anilines is 3. The molecule has 0 bridgehead atoms. The molecule has 11 nitrogen and oxygen atoms in total. The number of nitrogens with one attached hydrogen (secondary N) is 2. The molecule has 0 radical (unpaired) electrons. The van der Waals surface area contributed by atoms with Crippen LogP contribution in [0.4, 0.5) is 35.2 Å². The molecule has 2 aliphatic heterocycles. The number of carbonyl (C=O) groups excluding carboxylic acids is 2. The first-order valence-electron chi connectivity index (χ1n) is 14.0. The Balaban J connectivity index is 0.000000591. The zero-order valence-electron chi connectivity index (χ0n) is 25.2. The average Bonchev–Trinajstić information content (AvgIpc) is 3.57. The van der Waals surface area contributed by atoms with E-state index in [1.807, 2.05) is 80.3 Å². The molecule has 3 aromatic rings. The van der Waals surface area contributed by atoms with E-state index in [0.29, 0.717) is 25.2 Å². The second kappa shape index (κ2) is 13.5. The number of hydrogen-bond donors (Lipinski definition) is 3. The van der Waals surface area contributed by atoms with Crippen LogP contribution in [0.2, 0.25) is 0 Å². The number of carboxylic acid groups (broad SMARTS) is 1. The van der Waals surface area contributed by atoms with Gasteiger partial charge in [-0.05, 0) is 55.2 Å². The van der Waals surface area contributed by atoms with Crippen LogP contribution in [0.3, 0.4) is 0 Å². The number of para-hydroxylation sites is 2. The van der Waals surface area contributed by atoms with Crippen molar-refractivity contribution < 1.29 is 32.7 Å². The van der Waals surface area contributed by atoms with Crippen molar-refractivity contribution in [1.29, 1.82) is 0 Å². The van der Waals surface area contributed by atoms with Crippen LogP contribution in [-0.2, 0) is 24.9 Å². The maximum Gasteiger partial charge on any atom is 0.490 e. The number of benzene rings is 2. The molecule has 1 saturated heterocycles. The van der Waals surface area contributed by atoms with Crippen LogP contribution in [0, 0.1) is 6.92 Å². The van der Waals surface area contributed by atoms with Gasteiger partial charge in [-0.25, -0.2) is 9.59 Å². The third kappa shape index (κ3) is 7.53. The third-order valence-corrected chi connectivity index (χ3v) is 8.17. The SMILES string of the molecule is Cc1cc(C(=O)N2Cc3cnn(C)c3Nc3ccccc32)ccc1CNC(=O)N1CCCC1C(=S)N(C)C.O=C(O)C(F)(F)F. The Morgan fingerprint density at radius 3 is 2.51 bits per heavy atom. The number of likely N-dealkylation sites (N-methyl/N-ethyl adjacent to an activating group) is 1. The van der Waals surface area contributed by atoms with Crippen LogP contribution in [0.1, 0.15) is 39.9 Å². The molecule has 3 heterocycles. The van der Waals surface area contributed by atoms with E-state index in [1.54, 1.807) is 15.8 Å². The van der Waals surface area contributed by atoms with Gasteiger partial charge in [0, 0.05) is 45.4 Å². The predicted molar refractivity (Wildman–Crippen MR) is 167 cm³/mol. The van der Waals surface area contributed by atoms with Gasteiger partial charge in [0.15, 0.2) is 0 Å². The zero-order valence-corrected chi connectivity index (χ0v) is 26.0. The summed E-state index contributed by atoms with van der Waals surface area (Å²) in [6.45, 7) is 3.46. The van der Waals surface area contributed by atoms with E-state index in [-0.39, 0.29) is 18.0 Å². The van der Waals surface area contributed by atoms with Gasteiger partial charge in [-0.2, -0.15) is 18.3 Å². The average molecular weight is 646 g/mol. The second-order valence-electron chi connectivity index (χ2n) is 10.9. The van der Waals surface area contributed by atoms with Gasteiger partial charge in [0.1, 0.15) is 10.8 Å². The van der Waals surface area contributed by atoms with Gasteiger partial charge in [0.2, 0.25) is 0 Å². The number of halogens is 3. The zero-order chi connectivity index (χ0) is 33.1. The summed E-state index contributed by atoms with van der Waals surface area (Å²) >= 11 is 5.54. The lowest BCUT2D eigenvalue weighted by molar-refractivity contribution is -0.192. The number of rotatable bonds is 4. The molecule has 3 N–H and O–H groups in total. The molecule has 45 heavy (non-hydrogen) atoms. The fourth-order valence-corrected chi connectivity index (χ4v) is 5.40. The molecule has 0 saturated carbocycles. The quantitative estimate of drug-likeness (QED) is 0.345. The molecule has 1 unspecified atom stereocenters. The van der Waals surface area contributed by atoms with Gasteiger partial charge in [-0.1, -0.05) is 30.4 Å². The molecule has 15 heteroatoms. The van der Waals surface area contributed by atoms with E-state index in [9.17, 15) is 22.8 Å².